The highest BCUT2D eigenvalue weighted by atomic mass is 32.2. The zero-order valence-electron chi connectivity index (χ0n) is 9.51. The van der Waals surface area contributed by atoms with E-state index in [4.69, 9.17) is 0 Å². The average molecular weight is 255 g/mol. The predicted molar refractivity (Wildman–Crippen MR) is 65.2 cm³/mol. The Hall–Kier alpha value is -0.610. The molecule has 1 saturated carbocycles. The maximum atomic E-state index is 13.9. The molecule has 92 valence electrons. The Kier molecular flexibility index (Phi) is 3.09. The smallest absolute Gasteiger partial charge is 0.137 e. The van der Waals surface area contributed by atoms with E-state index >= 15 is 0 Å². The van der Waals surface area contributed by atoms with E-state index in [0.717, 1.165) is 31.4 Å². The largest absolute Gasteiger partial charge is 0.307 e. The fraction of sp³-hybridized carbons (Fsp3) is 0.538. The number of fused-ring (bicyclic) bond motifs is 1. The molecule has 1 N–H and O–H groups in total. The first-order chi connectivity index (χ1) is 8.25. The van der Waals surface area contributed by atoms with Gasteiger partial charge in [-0.1, -0.05) is 0 Å². The summed E-state index contributed by atoms with van der Waals surface area (Å²) in [5.74, 6) is 0.320. The lowest BCUT2D eigenvalue weighted by atomic mass is 10.0. The van der Waals surface area contributed by atoms with Crippen LogP contribution in [-0.4, -0.2) is 11.8 Å². The zero-order chi connectivity index (χ0) is 11.8. The van der Waals surface area contributed by atoms with E-state index in [1.54, 1.807) is 0 Å². The summed E-state index contributed by atoms with van der Waals surface area (Å²) in [6.07, 6.45) is 4.23. The Bertz CT molecular complexity index is 432. The molecule has 0 amide bonds. The molecule has 0 saturated heterocycles. The van der Waals surface area contributed by atoms with Gasteiger partial charge in [0.2, 0.25) is 0 Å². The minimum Gasteiger partial charge on any atom is -0.307 e. The molecule has 2 aliphatic rings. The molecule has 3 rings (SSSR count). The van der Waals surface area contributed by atoms with Gasteiger partial charge in [0, 0.05) is 17.6 Å². The lowest BCUT2D eigenvalue weighted by molar-refractivity contribution is 0.455. The zero-order valence-corrected chi connectivity index (χ0v) is 10.3. The second kappa shape index (κ2) is 4.58. The average Bonchev–Trinajstić information content (AvgIpc) is 3.12. The summed E-state index contributed by atoms with van der Waals surface area (Å²) in [6, 6.07) is 2.99. The molecular weight excluding hydrogens is 240 g/mol. The van der Waals surface area contributed by atoms with Gasteiger partial charge in [-0.25, -0.2) is 8.78 Å². The summed E-state index contributed by atoms with van der Waals surface area (Å²) in [6.45, 7) is 0. The molecule has 1 aliphatic carbocycles. The molecule has 1 heterocycles. The molecule has 1 atom stereocenters. The molecule has 1 unspecified atom stereocenters. The van der Waals surface area contributed by atoms with Gasteiger partial charge >= 0.3 is 0 Å². The van der Waals surface area contributed by atoms with Crippen molar-refractivity contribution in [2.75, 3.05) is 5.75 Å². The van der Waals surface area contributed by atoms with Gasteiger partial charge in [-0.15, -0.1) is 11.8 Å². The first kappa shape index (κ1) is 11.5. The Morgan fingerprint density at radius 3 is 2.65 bits per heavy atom. The standard InChI is InChI=1S/C13H15F2NS/c14-9-5-6-10(15)13-12(9)11(2-1-7-17-13)16-8-3-4-8/h5-6,8,11,16H,1-4,7H2. The van der Waals surface area contributed by atoms with Crippen LogP contribution in [0.2, 0.25) is 0 Å². The highest BCUT2D eigenvalue weighted by Gasteiger charge is 2.30. The van der Waals surface area contributed by atoms with Gasteiger partial charge in [0.25, 0.3) is 0 Å². The molecule has 1 aromatic carbocycles. The number of hydrogen-bond donors (Lipinski definition) is 1. The Morgan fingerprint density at radius 1 is 1.12 bits per heavy atom. The maximum absolute atomic E-state index is 13.9. The van der Waals surface area contributed by atoms with Crippen molar-refractivity contribution in [3.05, 3.63) is 29.3 Å². The van der Waals surface area contributed by atoms with Gasteiger partial charge in [-0.05, 0) is 43.6 Å². The molecule has 1 nitrogen and oxygen atoms in total. The molecule has 1 aliphatic heterocycles. The van der Waals surface area contributed by atoms with Crippen LogP contribution in [0, 0.1) is 11.6 Å². The summed E-state index contributed by atoms with van der Waals surface area (Å²) in [5.41, 5.74) is 0.555. The SMILES string of the molecule is Fc1ccc(F)c2c1SCCCC2NC1CC1. The molecule has 0 bridgehead atoms. The van der Waals surface area contributed by atoms with E-state index in [1.807, 2.05) is 0 Å². The third-order valence-corrected chi connectivity index (χ3v) is 4.54. The summed E-state index contributed by atoms with van der Waals surface area (Å²) >= 11 is 1.45. The minimum absolute atomic E-state index is 0.0109. The Balaban J connectivity index is 1.99. The molecule has 0 spiro atoms. The third kappa shape index (κ3) is 2.33. The van der Waals surface area contributed by atoms with Crippen molar-refractivity contribution < 1.29 is 8.78 Å². The summed E-state index contributed by atoms with van der Waals surface area (Å²) in [5, 5.41) is 3.44. The number of benzene rings is 1. The molecule has 0 aromatic heterocycles. The molecule has 1 aromatic rings. The van der Waals surface area contributed by atoms with Crippen LogP contribution < -0.4 is 5.32 Å². The van der Waals surface area contributed by atoms with Crippen molar-refractivity contribution in [1.82, 2.24) is 5.32 Å². The monoisotopic (exact) mass is 255 g/mol. The van der Waals surface area contributed by atoms with Crippen molar-refractivity contribution in [3.63, 3.8) is 0 Å². The van der Waals surface area contributed by atoms with E-state index in [0.29, 0.717) is 16.5 Å². The molecular formula is C13H15F2NS. The topological polar surface area (TPSA) is 12.0 Å². The van der Waals surface area contributed by atoms with Crippen LogP contribution in [0.4, 0.5) is 8.78 Å². The third-order valence-electron chi connectivity index (χ3n) is 3.34. The van der Waals surface area contributed by atoms with Crippen molar-refractivity contribution in [2.45, 2.75) is 42.7 Å². The summed E-state index contributed by atoms with van der Waals surface area (Å²) in [7, 11) is 0. The summed E-state index contributed by atoms with van der Waals surface area (Å²) < 4.78 is 27.7. The van der Waals surface area contributed by atoms with Crippen LogP contribution in [0.1, 0.15) is 37.3 Å². The first-order valence-electron chi connectivity index (χ1n) is 6.12. The quantitative estimate of drug-likeness (QED) is 0.865. The van der Waals surface area contributed by atoms with Gasteiger partial charge in [-0.3, -0.25) is 0 Å². The lowest BCUT2D eigenvalue weighted by Gasteiger charge is -2.19. The normalized spacial score (nSPS) is 24.2. The fourth-order valence-electron chi connectivity index (χ4n) is 2.33. The molecule has 1 fully saturated rings. The minimum atomic E-state index is -0.282. The van der Waals surface area contributed by atoms with Gasteiger partial charge in [0.05, 0.1) is 4.90 Å². The summed E-state index contributed by atoms with van der Waals surface area (Å²) in [4.78, 5) is 0.514. The van der Waals surface area contributed by atoms with Crippen molar-refractivity contribution in [1.29, 1.82) is 0 Å². The molecule has 17 heavy (non-hydrogen) atoms. The van der Waals surface area contributed by atoms with Gasteiger partial charge in [0.15, 0.2) is 0 Å². The predicted octanol–water partition coefficient (Wildman–Crippen LogP) is 3.64. The number of thioether (sulfide) groups is 1. The molecule has 0 radical (unpaired) electrons. The van der Waals surface area contributed by atoms with Gasteiger partial charge < -0.3 is 5.32 Å². The van der Waals surface area contributed by atoms with Crippen LogP contribution in [0.5, 0.6) is 0 Å². The van der Waals surface area contributed by atoms with Crippen LogP contribution in [0.3, 0.4) is 0 Å². The Morgan fingerprint density at radius 2 is 1.88 bits per heavy atom. The second-order valence-corrected chi connectivity index (χ2v) is 5.86. The van der Waals surface area contributed by atoms with E-state index in [2.05, 4.69) is 5.32 Å². The number of nitrogens with one attached hydrogen (secondary N) is 1. The van der Waals surface area contributed by atoms with Crippen molar-refractivity contribution in [2.24, 2.45) is 0 Å². The first-order valence-corrected chi connectivity index (χ1v) is 7.11. The van der Waals surface area contributed by atoms with Gasteiger partial charge in [-0.2, -0.15) is 0 Å². The second-order valence-electron chi connectivity index (χ2n) is 4.76. The maximum Gasteiger partial charge on any atom is 0.137 e. The number of hydrogen-bond acceptors (Lipinski definition) is 2. The van der Waals surface area contributed by atoms with E-state index in [1.165, 1.54) is 23.9 Å². The molecule has 4 heteroatoms. The van der Waals surface area contributed by atoms with Crippen LogP contribution >= 0.6 is 11.8 Å². The van der Waals surface area contributed by atoms with E-state index in [-0.39, 0.29) is 17.7 Å². The van der Waals surface area contributed by atoms with Crippen LogP contribution in [-0.2, 0) is 0 Å². The fourth-order valence-corrected chi connectivity index (χ4v) is 3.44. The number of rotatable bonds is 2. The van der Waals surface area contributed by atoms with Crippen LogP contribution in [0.25, 0.3) is 0 Å². The lowest BCUT2D eigenvalue weighted by Crippen LogP contribution is -2.24. The van der Waals surface area contributed by atoms with Crippen molar-refractivity contribution >= 4 is 11.8 Å². The number of halogens is 2. The van der Waals surface area contributed by atoms with Crippen molar-refractivity contribution in [3.8, 4) is 0 Å². The van der Waals surface area contributed by atoms with Gasteiger partial charge in [0.1, 0.15) is 11.6 Å². The van der Waals surface area contributed by atoms with E-state index < -0.39 is 0 Å². The van der Waals surface area contributed by atoms with E-state index in [9.17, 15) is 8.78 Å². The highest BCUT2D eigenvalue weighted by molar-refractivity contribution is 7.99. The highest BCUT2D eigenvalue weighted by Crippen LogP contribution is 2.39. The van der Waals surface area contributed by atoms with Crippen LogP contribution in [0.15, 0.2) is 17.0 Å². The Labute approximate surface area is 104 Å².